The molecule has 1 aromatic carbocycles. The maximum Gasteiger partial charge on any atom is 0.0991 e. The summed E-state index contributed by atoms with van der Waals surface area (Å²) in [5.41, 5.74) is 2.79. The SMILES string of the molecule is Cc1nc(C)c(CNc2ccc(C#N)cc2)s1. The topological polar surface area (TPSA) is 48.7 Å². The van der Waals surface area contributed by atoms with Gasteiger partial charge in [-0.1, -0.05) is 0 Å². The molecular weight excluding hydrogens is 230 g/mol. The Morgan fingerprint density at radius 3 is 2.53 bits per heavy atom. The molecule has 0 amide bonds. The molecule has 0 aliphatic heterocycles. The molecule has 0 atom stereocenters. The second-order valence-electron chi connectivity index (χ2n) is 3.78. The molecule has 0 bridgehead atoms. The number of anilines is 1. The van der Waals surface area contributed by atoms with Crippen molar-refractivity contribution < 1.29 is 0 Å². The number of benzene rings is 1. The van der Waals surface area contributed by atoms with Crippen LogP contribution in [0.3, 0.4) is 0 Å². The quantitative estimate of drug-likeness (QED) is 0.900. The molecule has 3 nitrogen and oxygen atoms in total. The van der Waals surface area contributed by atoms with E-state index in [1.54, 1.807) is 11.3 Å². The first kappa shape index (κ1) is 11.6. The van der Waals surface area contributed by atoms with Crippen molar-refractivity contribution in [3.05, 3.63) is 45.4 Å². The van der Waals surface area contributed by atoms with E-state index in [1.807, 2.05) is 38.1 Å². The molecule has 0 radical (unpaired) electrons. The standard InChI is InChI=1S/C13H13N3S/c1-9-13(17-10(2)16-9)8-15-12-5-3-11(7-14)4-6-12/h3-6,15H,8H2,1-2H3. The fourth-order valence-corrected chi connectivity index (χ4v) is 2.46. The summed E-state index contributed by atoms with van der Waals surface area (Å²) in [5.74, 6) is 0. The highest BCUT2D eigenvalue weighted by Gasteiger charge is 2.04. The van der Waals surface area contributed by atoms with Crippen LogP contribution in [0.15, 0.2) is 24.3 Å². The van der Waals surface area contributed by atoms with Crippen LogP contribution in [0.5, 0.6) is 0 Å². The normalized spacial score (nSPS) is 9.94. The highest BCUT2D eigenvalue weighted by molar-refractivity contribution is 7.11. The maximum atomic E-state index is 8.70. The van der Waals surface area contributed by atoms with Crippen molar-refractivity contribution in [1.29, 1.82) is 5.26 Å². The van der Waals surface area contributed by atoms with Crippen molar-refractivity contribution >= 4 is 17.0 Å². The van der Waals surface area contributed by atoms with Crippen molar-refractivity contribution in [2.24, 2.45) is 0 Å². The van der Waals surface area contributed by atoms with Gasteiger partial charge in [-0.25, -0.2) is 4.98 Å². The van der Waals surface area contributed by atoms with Crippen LogP contribution in [0.1, 0.15) is 21.1 Å². The average molecular weight is 243 g/mol. The van der Waals surface area contributed by atoms with Crippen LogP contribution in [-0.2, 0) is 6.54 Å². The lowest BCUT2D eigenvalue weighted by Gasteiger charge is -2.04. The molecule has 1 aromatic heterocycles. The zero-order chi connectivity index (χ0) is 12.3. The van der Waals surface area contributed by atoms with Crippen LogP contribution < -0.4 is 5.32 Å². The van der Waals surface area contributed by atoms with Gasteiger partial charge in [-0.3, -0.25) is 0 Å². The molecule has 2 rings (SSSR count). The Morgan fingerprint density at radius 1 is 1.29 bits per heavy atom. The van der Waals surface area contributed by atoms with Gasteiger partial charge in [0.05, 0.1) is 28.9 Å². The Balaban J connectivity index is 2.02. The molecule has 0 saturated heterocycles. The number of rotatable bonds is 3. The Hall–Kier alpha value is -1.86. The first-order valence-corrected chi connectivity index (χ1v) is 6.17. The number of nitriles is 1. The van der Waals surface area contributed by atoms with Crippen molar-refractivity contribution in [2.45, 2.75) is 20.4 Å². The van der Waals surface area contributed by atoms with Gasteiger partial charge in [-0.2, -0.15) is 5.26 Å². The summed E-state index contributed by atoms with van der Waals surface area (Å²) in [4.78, 5) is 5.64. The highest BCUT2D eigenvalue weighted by atomic mass is 32.1. The third kappa shape index (κ3) is 2.83. The monoisotopic (exact) mass is 243 g/mol. The molecule has 0 spiro atoms. The summed E-state index contributed by atoms with van der Waals surface area (Å²) in [6.07, 6.45) is 0. The van der Waals surface area contributed by atoms with Crippen LogP contribution in [0.4, 0.5) is 5.69 Å². The molecule has 1 N–H and O–H groups in total. The van der Waals surface area contributed by atoms with Gasteiger partial charge in [0.1, 0.15) is 0 Å². The lowest BCUT2D eigenvalue weighted by molar-refractivity contribution is 1.11. The minimum absolute atomic E-state index is 0.681. The first-order valence-electron chi connectivity index (χ1n) is 5.36. The van der Waals surface area contributed by atoms with E-state index in [0.717, 1.165) is 22.9 Å². The molecule has 2 aromatic rings. The molecule has 17 heavy (non-hydrogen) atoms. The summed E-state index contributed by atoms with van der Waals surface area (Å²) in [6.45, 7) is 4.82. The fraction of sp³-hybridized carbons (Fsp3) is 0.231. The summed E-state index contributed by atoms with van der Waals surface area (Å²) >= 11 is 1.72. The van der Waals surface area contributed by atoms with E-state index >= 15 is 0 Å². The second-order valence-corrected chi connectivity index (χ2v) is 5.07. The molecule has 0 aliphatic rings. The van der Waals surface area contributed by atoms with Gasteiger partial charge >= 0.3 is 0 Å². The number of nitrogens with one attached hydrogen (secondary N) is 1. The maximum absolute atomic E-state index is 8.70. The molecule has 0 unspecified atom stereocenters. The van der Waals surface area contributed by atoms with Crippen LogP contribution in [0.25, 0.3) is 0 Å². The zero-order valence-electron chi connectivity index (χ0n) is 9.82. The molecule has 1 heterocycles. The van der Waals surface area contributed by atoms with Crippen LogP contribution in [0, 0.1) is 25.2 Å². The Morgan fingerprint density at radius 2 is 2.00 bits per heavy atom. The van der Waals surface area contributed by atoms with E-state index in [2.05, 4.69) is 16.4 Å². The predicted molar refractivity (Wildman–Crippen MR) is 70.1 cm³/mol. The predicted octanol–water partition coefficient (Wildman–Crippen LogP) is 3.24. The number of aryl methyl sites for hydroxylation is 2. The van der Waals surface area contributed by atoms with E-state index in [1.165, 1.54) is 4.88 Å². The summed E-state index contributed by atoms with van der Waals surface area (Å²) in [6, 6.07) is 9.57. The van der Waals surface area contributed by atoms with Gasteiger partial charge in [0, 0.05) is 10.6 Å². The van der Waals surface area contributed by atoms with Crippen LogP contribution in [-0.4, -0.2) is 4.98 Å². The van der Waals surface area contributed by atoms with Gasteiger partial charge in [-0.15, -0.1) is 11.3 Å². The highest BCUT2D eigenvalue weighted by Crippen LogP contribution is 2.19. The van der Waals surface area contributed by atoms with Gasteiger partial charge < -0.3 is 5.32 Å². The fourth-order valence-electron chi connectivity index (χ4n) is 1.58. The van der Waals surface area contributed by atoms with E-state index in [9.17, 15) is 0 Å². The van der Waals surface area contributed by atoms with Crippen molar-refractivity contribution in [1.82, 2.24) is 4.98 Å². The number of thiazole rings is 1. The Bertz CT molecular complexity index is 549. The molecule has 0 fully saturated rings. The second kappa shape index (κ2) is 4.98. The van der Waals surface area contributed by atoms with Gasteiger partial charge in [0.2, 0.25) is 0 Å². The minimum atomic E-state index is 0.681. The first-order chi connectivity index (χ1) is 8.19. The number of hydrogen-bond acceptors (Lipinski definition) is 4. The van der Waals surface area contributed by atoms with Gasteiger partial charge in [0.15, 0.2) is 0 Å². The number of aromatic nitrogens is 1. The van der Waals surface area contributed by atoms with E-state index < -0.39 is 0 Å². The van der Waals surface area contributed by atoms with E-state index in [-0.39, 0.29) is 0 Å². The summed E-state index contributed by atoms with van der Waals surface area (Å²) in [5, 5.41) is 13.1. The largest absolute Gasteiger partial charge is 0.380 e. The summed E-state index contributed by atoms with van der Waals surface area (Å²) in [7, 11) is 0. The molecule has 0 aliphatic carbocycles. The third-order valence-corrected chi connectivity index (χ3v) is 3.54. The number of hydrogen-bond donors (Lipinski definition) is 1. The van der Waals surface area contributed by atoms with E-state index in [0.29, 0.717) is 5.56 Å². The lowest BCUT2D eigenvalue weighted by Crippen LogP contribution is -1.98. The van der Waals surface area contributed by atoms with Gasteiger partial charge in [-0.05, 0) is 38.1 Å². The number of nitrogens with zero attached hydrogens (tertiary/aromatic N) is 2. The minimum Gasteiger partial charge on any atom is -0.380 e. The van der Waals surface area contributed by atoms with Gasteiger partial charge in [0.25, 0.3) is 0 Å². The zero-order valence-corrected chi connectivity index (χ0v) is 10.6. The van der Waals surface area contributed by atoms with Crippen molar-refractivity contribution in [3.8, 4) is 6.07 Å². The van der Waals surface area contributed by atoms with Crippen molar-refractivity contribution in [2.75, 3.05) is 5.32 Å². The lowest BCUT2D eigenvalue weighted by atomic mass is 10.2. The van der Waals surface area contributed by atoms with Crippen LogP contribution in [0.2, 0.25) is 0 Å². The smallest absolute Gasteiger partial charge is 0.0991 e. The molecule has 4 heteroatoms. The molecule has 0 saturated carbocycles. The van der Waals surface area contributed by atoms with E-state index in [4.69, 9.17) is 5.26 Å². The molecule has 86 valence electrons. The Labute approximate surface area is 105 Å². The molecular formula is C13H13N3S. The summed E-state index contributed by atoms with van der Waals surface area (Å²) < 4.78 is 0. The Kier molecular flexibility index (Phi) is 3.40. The van der Waals surface area contributed by atoms with Crippen molar-refractivity contribution in [3.63, 3.8) is 0 Å². The average Bonchev–Trinajstić information content (AvgIpc) is 2.66. The van der Waals surface area contributed by atoms with Crippen LogP contribution >= 0.6 is 11.3 Å². The third-order valence-electron chi connectivity index (χ3n) is 2.47.